The highest BCUT2D eigenvalue weighted by Gasteiger charge is 2.22. The lowest BCUT2D eigenvalue weighted by Crippen LogP contribution is -2.37. The van der Waals surface area contributed by atoms with Gasteiger partial charge in [-0.15, -0.1) is 0 Å². The van der Waals surface area contributed by atoms with Crippen molar-refractivity contribution in [2.45, 2.75) is 45.2 Å². The third kappa shape index (κ3) is 4.44. The second kappa shape index (κ2) is 8.16. The summed E-state index contributed by atoms with van der Waals surface area (Å²) in [5.74, 6) is 0. The number of anilines is 1. The summed E-state index contributed by atoms with van der Waals surface area (Å²) < 4.78 is 6.63. The van der Waals surface area contributed by atoms with Crippen molar-refractivity contribution in [3.05, 3.63) is 28.2 Å². The Hall–Kier alpha value is -0.580. The fraction of sp³-hybridized carbons (Fsp3) is 0.647. The quantitative estimate of drug-likeness (QED) is 0.831. The van der Waals surface area contributed by atoms with Crippen molar-refractivity contribution in [2.24, 2.45) is 0 Å². The molecule has 0 aromatic heterocycles. The molecule has 0 amide bonds. The van der Waals surface area contributed by atoms with Gasteiger partial charge in [0, 0.05) is 42.5 Å². The summed E-state index contributed by atoms with van der Waals surface area (Å²) in [5, 5.41) is 3.60. The Kier molecular flexibility index (Phi) is 6.52. The van der Waals surface area contributed by atoms with Crippen molar-refractivity contribution < 1.29 is 4.74 Å². The average molecular weight is 355 g/mol. The first-order valence-corrected chi connectivity index (χ1v) is 8.76. The lowest BCUT2D eigenvalue weighted by atomic mass is 10.0. The van der Waals surface area contributed by atoms with E-state index in [1.54, 1.807) is 0 Å². The van der Waals surface area contributed by atoms with Crippen LogP contribution in [0.3, 0.4) is 0 Å². The number of nitrogens with zero attached hydrogens (tertiary/aromatic N) is 1. The van der Waals surface area contributed by atoms with Gasteiger partial charge in [-0.25, -0.2) is 0 Å². The third-order valence-electron chi connectivity index (χ3n) is 4.28. The molecule has 1 saturated heterocycles. The first kappa shape index (κ1) is 16.8. The molecular weight excluding hydrogens is 328 g/mol. The number of rotatable bonds is 6. The van der Waals surface area contributed by atoms with Crippen LogP contribution in [0, 0.1) is 0 Å². The maximum absolute atomic E-state index is 5.49. The average Bonchev–Trinajstić information content (AvgIpc) is 2.52. The van der Waals surface area contributed by atoms with E-state index in [2.05, 4.69) is 65.2 Å². The Balaban J connectivity index is 2.20. The van der Waals surface area contributed by atoms with Crippen LogP contribution >= 0.6 is 15.9 Å². The Morgan fingerprint density at radius 2 is 2.10 bits per heavy atom. The van der Waals surface area contributed by atoms with Crippen molar-refractivity contribution in [1.82, 2.24) is 5.32 Å². The normalized spacial score (nSPS) is 17.7. The highest BCUT2D eigenvalue weighted by molar-refractivity contribution is 9.10. The van der Waals surface area contributed by atoms with Crippen molar-refractivity contribution in [3.63, 3.8) is 0 Å². The zero-order valence-corrected chi connectivity index (χ0v) is 14.9. The van der Waals surface area contributed by atoms with E-state index in [0.717, 1.165) is 43.5 Å². The van der Waals surface area contributed by atoms with Crippen LogP contribution in [-0.4, -0.2) is 32.8 Å². The standard InChI is InChI=1S/C17H27BrN2O/c1-4-9-19-13(2)16-12-14(18)5-6-17(16)20(3)15-7-10-21-11-8-15/h5-6,12-13,15,19H,4,7-11H2,1-3H3. The van der Waals surface area contributed by atoms with Gasteiger partial charge in [0.1, 0.15) is 0 Å². The van der Waals surface area contributed by atoms with Crippen LogP contribution in [0.4, 0.5) is 5.69 Å². The van der Waals surface area contributed by atoms with E-state index >= 15 is 0 Å². The van der Waals surface area contributed by atoms with Crippen LogP contribution in [-0.2, 0) is 4.74 Å². The van der Waals surface area contributed by atoms with Gasteiger partial charge in [0.15, 0.2) is 0 Å². The molecule has 1 aromatic carbocycles. The maximum atomic E-state index is 5.49. The molecule has 0 bridgehead atoms. The third-order valence-corrected chi connectivity index (χ3v) is 4.77. The maximum Gasteiger partial charge on any atom is 0.0485 e. The molecule has 21 heavy (non-hydrogen) atoms. The molecule has 1 atom stereocenters. The molecule has 0 radical (unpaired) electrons. The van der Waals surface area contributed by atoms with Crippen LogP contribution in [0.2, 0.25) is 0 Å². The van der Waals surface area contributed by atoms with E-state index in [1.165, 1.54) is 11.3 Å². The van der Waals surface area contributed by atoms with Gasteiger partial charge in [-0.1, -0.05) is 22.9 Å². The van der Waals surface area contributed by atoms with E-state index in [9.17, 15) is 0 Å². The first-order valence-electron chi connectivity index (χ1n) is 7.97. The Morgan fingerprint density at radius 3 is 2.76 bits per heavy atom. The largest absolute Gasteiger partial charge is 0.381 e. The SMILES string of the molecule is CCCNC(C)c1cc(Br)ccc1N(C)C1CCOCC1. The smallest absolute Gasteiger partial charge is 0.0485 e. The minimum Gasteiger partial charge on any atom is -0.381 e. The molecule has 1 aromatic rings. The monoisotopic (exact) mass is 354 g/mol. The Morgan fingerprint density at radius 1 is 1.38 bits per heavy atom. The summed E-state index contributed by atoms with van der Waals surface area (Å²) in [4.78, 5) is 2.44. The van der Waals surface area contributed by atoms with Crippen molar-refractivity contribution in [3.8, 4) is 0 Å². The van der Waals surface area contributed by atoms with E-state index < -0.39 is 0 Å². The fourth-order valence-corrected chi connectivity index (χ4v) is 3.31. The van der Waals surface area contributed by atoms with Gasteiger partial charge >= 0.3 is 0 Å². The molecule has 1 fully saturated rings. The summed E-state index contributed by atoms with van der Waals surface area (Å²) in [6, 6.07) is 7.57. The second-order valence-corrected chi connectivity index (χ2v) is 6.75. The molecule has 4 heteroatoms. The minimum atomic E-state index is 0.361. The highest BCUT2D eigenvalue weighted by Crippen LogP contribution is 2.31. The molecule has 1 aliphatic heterocycles. The Bertz CT molecular complexity index is 446. The molecule has 2 rings (SSSR count). The van der Waals surface area contributed by atoms with Crippen molar-refractivity contribution in [2.75, 3.05) is 31.7 Å². The molecule has 118 valence electrons. The molecule has 1 N–H and O–H groups in total. The summed E-state index contributed by atoms with van der Waals surface area (Å²) in [7, 11) is 2.22. The highest BCUT2D eigenvalue weighted by atomic mass is 79.9. The Labute approximate surface area is 137 Å². The summed E-state index contributed by atoms with van der Waals surface area (Å²) in [6.45, 7) is 7.26. The molecule has 3 nitrogen and oxygen atoms in total. The summed E-state index contributed by atoms with van der Waals surface area (Å²) in [6.07, 6.45) is 3.38. The van der Waals surface area contributed by atoms with E-state index in [-0.39, 0.29) is 0 Å². The topological polar surface area (TPSA) is 24.5 Å². The number of halogens is 1. The van der Waals surface area contributed by atoms with Gasteiger partial charge in [-0.3, -0.25) is 0 Å². The van der Waals surface area contributed by atoms with Crippen LogP contribution in [0.5, 0.6) is 0 Å². The molecular formula is C17H27BrN2O. The van der Waals surface area contributed by atoms with E-state index in [4.69, 9.17) is 4.74 Å². The lowest BCUT2D eigenvalue weighted by molar-refractivity contribution is 0.0854. The molecule has 0 aliphatic carbocycles. The summed E-state index contributed by atoms with van der Waals surface area (Å²) in [5.41, 5.74) is 2.70. The van der Waals surface area contributed by atoms with Crippen LogP contribution in [0.15, 0.2) is 22.7 Å². The minimum absolute atomic E-state index is 0.361. The van der Waals surface area contributed by atoms with Crippen molar-refractivity contribution in [1.29, 1.82) is 0 Å². The zero-order valence-electron chi connectivity index (χ0n) is 13.4. The predicted octanol–water partition coefficient (Wildman–Crippen LogP) is 4.12. The van der Waals surface area contributed by atoms with Gasteiger partial charge < -0.3 is 15.0 Å². The lowest BCUT2D eigenvalue weighted by Gasteiger charge is -2.35. The number of ether oxygens (including phenoxy) is 1. The molecule has 0 spiro atoms. The fourth-order valence-electron chi connectivity index (χ4n) is 2.93. The van der Waals surface area contributed by atoms with Gasteiger partial charge in [-0.2, -0.15) is 0 Å². The van der Waals surface area contributed by atoms with Gasteiger partial charge in [0.2, 0.25) is 0 Å². The van der Waals surface area contributed by atoms with Crippen LogP contribution < -0.4 is 10.2 Å². The summed E-state index contributed by atoms with van der Waals surface area (Å²) >= 11 is 3.61. The number of benzene rings is 1. The molecule has 1 heterocycles. The first-order chi connectivity index (χ1) is 10.1. The molecule has 0 saturated carbocycles. The van der Waals surface area contributed by atoms with E-state index in [1.807, 2.05) is 0 Å². The zero-order chi connectivity index (χ0) is 15.2. The molecule has 1 aliphatic rings. The van der Waals surface area contributed by atoms with Crippen LogP contribution in [0.25, 0.3) is 0 Å². The van der Waals surface area contributed by atoms with Gasteiger partial charge in [0.25, 0.3) is 0 Å². The number of hydrogen-bond acceptors (Lipinski definition) is 3. The predicted molar refractivity (Wildman–Crippen MR) is 93.1 cm³/mol. The van der Waals surface area contributed by atoms with Gasteiger partial charge in [0.05, 0.1) is 0 Å². The number of nitrogens with one attached hydrogen (secondary N) is 1. The molecule has 1 unspecified atom stereocenters. The van der Waals surface area contributed by atoms with Gasteiger partial charge in [-0.05, 0) is 56.5 Å². The second-order valence-electron chi connectivity index (χ2n) is 5.83. The van der Waals surface area contributed by atoms with Crippen LogP contribution in [0.1, 0.15) is 44.7 Å². The van der Waals surface area contributed by atoms with Crippen molar-refractivity contribution >= 4 is 21.6 Å². The van der Waals surface area contributed by atoms with E-state index in [0.29, 0.717) is 12.1 Å². The number of hydrogen-bond donors (Lipinski definition) is 1.